The minimum atomic E-state index is -3.01. The van der Waals surface area contributed by atoms with Crippen molar-refractivity contribution in [3.8, 4) is 5.75 Å². The van der Waals surface area contributed by atoms with Gasteiger partial charge in [-0.3, -0.25) is 4.79 Å². The Morgan fingerprint density at radius 1 is 1.29 bits per heavy atom. The summed E-state index contributed by atoms with van der Waals surface area (Å²) in [4.78, 5) is 10.5. The second kappa shape index (κ2) is 6.39. The van der Waals surface area contributed by atoms with E-state index in [9.17, 15) is 13.2 Å². The SMILES string of the molecule is CCCS(=O)(=O)CCOc1cccc(C=O)c1. The molecule has 0 amide bonds. The molecule has 0 fully saturated rings. The number of sulfone groups is 1. The highest BCUT2D eigenvalue weighted by atomic mass is 32.2. The minimum Gasteiger partial charge on any atom is -0.493 e. The number of rotatable bonds is 7. The molecule has 0 aliphatic carbocycles. The molecule has 0 saturated heterocycles. The van der Waals surface area contributed by atoms with Gasteiger partial charge in [0.2, 0.25) is 0 Å². The van der Waals surface area contributed by atoms with Crippen molar-refractivity contribution in [1.29, 1.82) is 0 Å². The molecule has 0 heterocycles. The lowest BCUT2D eigenvalue weighted by molar-refractivity contribution is 0.112. The molecule has 1 aromatic carbocycles. The standard InChI is InChI=1S/C12H16O4S/c1-2-7-17(14,15)8-6-16-12-5-3-4-11(9-12)10-13/h3-5,9-10H,2,6-8H2,1H3. The third kappa shape index (κ3) is 4.99. The van der Waals surface area contributed by atoms with E-state index in [0.717, 1.165) is 6.29 Å². The van der Waals surface area contributed by atoms with E-state index < -0.39 is 9.84 Å². The Morgan fingerprint density at radius 2 is 2.06 bits per heavy atom. The molecule has 1 rings (SSSR count). The molecule has 0 atom stereocenters. The average Bonchev–Trinajstić information content (AvgIpc) is 2.29. The predicted molar refractivity (Wildman–Crippen MR) is 66.3 cm³/mol. The average molecular weight is 256 g/mol. The van der Waals surface area contributed by atoms with Gasteiger partial charge in [0.1, 0.15) is 18.6 Å². The van der Waals surface area contributed by atoms with Crippen molar-refractivity contribution >= 4 is 16.1 Å². The van der Waals surface area contributed by atoms with E-state index in [2.05, 4.69) is 0 Å². The smallest absolute Gasteiger partial charge is 0.153 e. The highest BCUT2D eigenvalue weighted by Gasteiger charge is 2.09. The molecule has 0 aliphatic heterocycles. The second-order valence-corrected chi connectivity index (χ2v) is 5.99. The fraction of sp³-hybridized carbons (Fsp3) is 0.417. The molecular formula is C12H16O4S. The van der Waals surface area contributed by atoms with Gasteiger partial charge < -0.3 is 4.74 Å². The number of hydrogen-bond acceptors (Lipinski definition) is 4. The summed E-state index contributed by atoms with van der Waals surface area (Å²) in [7, 11) is -3.01. The Hall–Kier alpha value is -1.36. The number of carbonyl (C=O) groups excluding carboxylic acids is 1. The van der Waals surface area contributed by atoms with Crippen LogP contribution < -0.4 is 4.74 Å². The molecule has 0 aromatic heterocycles. The molecule has 0 N–H and O–H groups in total. The quantitative estimate of drug-likeness (QED) is 0.697. The van der Waals surface area contributed by atoms with E-state index in [0.29, 0.717) is 17.7 Å². The van der Waals surface area contributed by atoms with Crippen LogP contribution >= 0.6 is 0 Å². The van der Waals surface area contributed by atoms with Crippen molar-refractivity contribution in [2.24, 2.45) is 0 Å². The van der Waals surface area contributed by atoms with Crippen LogP contribution in [-0.4, -0.2) is 32.8 Å². The first kappa shape index (κ1) is 13.7. The molecule has 94 valence electrons. The Balaban J connectivity index is 2.48. The van der Waals surface area contributed by atoms with Gasteiger partial charge in [0, 0.05) is 5.56 Å². The maximum atomic E-state index is 11.4. The Labute approximate surface area is 102 Å². The van der Waals surface area contributed by atoms with Gasteiger partial charge in [0.15, 0.2) is 9.84 Å². The molecule has 0 radical (unpaired) electrons. The topological polar surface area (TPSA) is 60.4 Å². The van der Waals surface area contributed by atoms with Gasteiger partial charge in [0.25, 0.3) is 0 Å². The van der Waals surface area contributed by atoms with Crippen LogP contribution in [0.25, 0.3) is 0 Å². The van der Waals surface area contributed by atoms with Crippen LogP contribution in [0.3, 0.4) is 0 Å². The van der Waals surface area contributed by atoms with Crippen LogP contribution in [-0.2, 0) is 9.84 Å². The van der Waals surface area contributed by atoms with Gasteiger partial charge >= 0.3 is 0 Å². The zero-order chi connectivity index (χ0) is 12.7. The summed E-state index contributed by atoms with van der Waals surface area (Å²) in [5, 5.41) is 0. The van der Waals surface area contributed by atoms with Crippen LogP contribution in [0.4, 0.5) is 0 Å². The van der Waals surface area contributed by atoms with Crippen LogP contribution in [0.5, 0.6) is 5.75 Å². The summed E-state index contributed by atoms with van der Waals surface area (Å²) in [5.41, 5.74) is 0.513. The summed E-state index contributed by atoms with van der Waals surface area (Å²) in [5.74, 6) is 0.706. The van der Waals surface area contributed by atoms with Crippen molar-refractivity contribution in [2.75, 3.05) is 18.1 Å². The highest BCUT2D eigenvalue weighted by molar-refractivity contribution is 7.91. The van der Waals surface area contributed by atoms with Crippen molar-refractivity contribution in [1.82, 2.24) is 0 Å². The van der Waals surface area contributed by atoms with Gasteiger partial charge in [-0.05, 0) is 18.6 Å². The van der Waals surface area contributed by atoms with E-state index in [4.69, 9.17) is 4.74 Å². The number of hydrogen-bond donors (Lipinski definition) is 0. The van der Waals surface area contributed by atoms with E-state index in [1.54, 1.807) is 24.3 Å². The van der Waals surface area contributed by atoms with Crippen LogP contribution in [0, 0.1) is 0 Å². The van der Waals surface area contributed by atoms with Gasteiger partial charge in [-0.1, -0.05) is 19.1 Å². The molecular weight excluding hydrogens is 240 g/mol. The van der Waals surface area contributed by atoms with Gasteiger partial charge in [-0.2, -0.15) is 0 Å². The number of ether oxygens (including phenoxy) is 1. The molecule has 0 saturated carbocycles. The molecule has 0 aliphatic rings. The second-order valence-electron chi connectivity index (χ2n) is 3.69. The predicted octanol–water partition coefficient (Wildman–Crippen LogP) is 1.70. The molecule has 0 bridgehead atoms. The monoisotopic (exact) mass is 256 g/mol. The lowest BCUT2D eigenvalue weighted by Crippen LogP contribution is -2.16. The first-order chi connectivity index (χ1) is 8.07. The third-order valence-corrected chi connectivity index (χ3v) is 3.99. The Bertz CT molecular complexity index is 465. The zero-order valence-electron chi connectivity index (χ0n) is 9.76. The molecule has 17 heavy (non-hydrogen) atoms. The van der Waals surface area contributed by atoms with Crippen molar-refractivity contribution < 1.29 is 17.9 Å². The fourth-order valence-electron chi connectivity index (χ4n) is 1.38. The maximum absolute atomic E-state index is 11.4. The molecule has 4 nitrogen and oxygen atoms in total. The van der Waals surface area contributed by atoms with Crippen molar-refractivity contribution in [3.63, 3.8) is 0 Å². The zero-order valence-corrected chi connectivity index (χ0v) is 10.6. The van der Waals surface area contributed by atoms with E-state index in [1.165, 1.54) is 0 Å². The maximum Gasteiger partial charge on any atom is 0.153 e. The van der Waals surface area contributed by atoms with Gasteiger partial charge in [-0.15, -0.1) is 0 Å². The lowest BCUT2D eigenvalue weighted by atomic mass is 10.2. The summed E-state index contributed by atoms with van der Waals surface area (Å²) in [6.07, 6.45) is 1.34. The minimum absolute atomic E-state index is 0.00611. The normalized spacial score (nSPS) is 11.1. The lowest BCUT2D eigenvalue weighted by Gasteiger charge is -2.06. The van der Waals surface area contributed by atoms with Crippen LogP contribution in [0.15, 0.2) is 24.3 Å². The summed E-state index contributed by atoms with van der Waals surface area (Å²) < 4.78 is 28.1. The van der Waals surface area contributed by atoms with E-state index in [1.807, 2.05) is 6.92 Å². The third-order valence-electron chi connectivity index (χ3n) is 2.17. The summed E-state index contributed by atoms with van der Waals surface area (Å²) >= 11 is 0. The van der Waals surface area contributed by atoms with E-state index >= 15 is 0 Å². The Morgan fingerprint density at radius 3 is 2.71 bits per heavy atom. The largest absolute Gasteiger partial charge is 0.493 e. The van der Waals surface area contributed by atoms with E-state index in [-0.39, 0.29) is 18.1 Å². The van der Waals surface area contributed by atoms with Crippen LogP contribution in [0.1, 0.15) is 23.7 Å². The number of benzene rings is 1. The summed E-state index contributed by atoms with van der Waals surface area (Å²) in [6.45, 7) is 1.94. The highest BCUT2D eigenvalue weighted by Crippen LogP contribution is 2.11. The molecule has 0 spiro atoms. The van der Waals surface area contributed by atoms with Gasteiger partial charge in [0.05, 0.1) is 11.5 Å². The van der Waals surface area contributed by atoms with Crippen molar-refractivity contribution in [2.45, 2.75) is 13.3 Å². The summed E-state index contributed by atoms with van der Waals surface area (Å²) in [6, 6.07) is 6.63. The fourth-order valence-corrected chi connectivity index (χ4v) is 2.54. The Kier molecular flexibility index (Phi) is 5.15. The molecule has 5 heteroatoms. The number of carbonyl (C=O) groups is 1. The molecule has 1 aromatic rings. The van der Waals surface area contributed by atoms with Crippen molar-refractivity contribution in [3.05, 3.63) is 29.8 Å². The molecule has 0 unspecified atom stereocenters. The first-order valence-electron chi connectivity index (χ1n) is 5.46. The van der Waals surface area contributed by atoms with Crippen LogP contribution in [0.2, 0.25) is 0 Å². The van der Waals surface area contributed by atoms with Gasteiger partial charge in [-0.25, -0.2) is 8.42 Å². The first-order valence-corrected chi connectivity index (χ1v) is 7.28. The number of aldehydes is 1.